The van der Waals surface area contributed by atoms with Crippen molar-refractivity contribution < 1.29 is 9.21 Å². The number of hydrogen-bond acceptors (Lipinski definition) is 4. The lowest BCUT2D eigenvalue weighted by molar-refractivity contribution is 0.102. The summed E-state index contributed by atoms with van der Waals surface area (Å²) in [6.07, 6.45) is 1.34. The van der Waals surface area contributed by atoms with Crippen LogP contribution in [0.15, 0.2) is 65.3 Å². The van der Waals surface area contributed by atoms with Gasteiger partial charge in [0, 0.05) is 16.9 Å². The van der Waals surface area contributed by atoms with Crippen LogP contribution in [0.1, 0.15) is 10.5 Å². The predicted octanol–water partition coefficient (Wildman–Crippen LogP) is 3.18. The van der Waals surface area contributed by atoms with E-state index in [1.807, 2.05) is 18.2 Å². The molecular formula is C16H13N3O2. The molecule has 0 radical (unpaired) electrons. The number of carbonyl (C=O) groups excluding carboxylic acids is 1. The van der Waals surface area contributed by atoms with Crippen molar-refractivity contribution in [1.29, 1.82) is 0 Å². The average Bonchev–Trinajstić information content (AvgIpc) is 2.99. The zero-order valence-corrected chi connectivity index (χ0v) is 11.1. The highest BCUT2D eigenvalue weighted by Gasteiger charge is 2.13. The largest absolute Gasteiger partial charge is 0.444 e. The van der Waals surface area contributed by atoms with Gasteiger partial charge in [-0.2, -0.15) is 0 Å². The van der Waals surface area contributed by atoms with E-state index < -0.39 is 0 Å². The number of para-hydroxylation sites is 1. The number of carbonyl (C=O) groups is 1. The molecule has 1 aromatic heterocycles. The first-order chi connectivity index (χ1) is 10.2. The molecule has 0 unspecified atom stereocenters. The van der Waals surface area contributed by atoms with Crippen LogP contribution < -0.4 is 11.1 Å². The van der Waals surface area contributed by atoms with Gasteiger partial charge >= 0.3 is 0 Å². The molecule has 1 amide bonds. The van der Waals surface area contributed by atoms with Crippen molar-refractivity contribution in [2.75, 3.05) is 11.1 Å². The van der Waals surface area contributed by atoms with Crippen LogP contribution in [-0.2, 0) is 0 Å². The summed E-state index contributed by atoms with van der Waals surface area (Å²) < 4.78 is 5.34. The van der Waals surface area contributed by atoms with Crippen LogP contribution in [-0.4, -0.2) is 10.9 Å². The molecule has 0 atom stereocenters. The highest BCUT2D eigenvalue weighted by atomic mass is 16.3. The first-order valence-electron chi connectivity index (χ1n) is 6.40. The number of anilines is 2. The zero-order valence-electron chi connectivity index (χ0n) is 11.1. The quantitative estimate of drug-likeness (QED) is 0.721. The van der Waals surface area contributed by atoms with Crippen LogP contribution in [0, 0.1) is 0 Å². The van der Waals surface area contributed by atoms with Crippen LogP contribution >= 0.6 is 0 Å². The number of nitrogens with two attached hydrogens (primary N) is 1. The highest BCUT2D eigenvalue weighted by molar-refractivity contribution is 6.02. The topological polar surface area (TPSA) is 81.1 Å². The molecule has 3 aromatic rings. The Balaban J connectivity index is 1.78. The van der Waals surface area contributed by atoms with Gasteiger partial charge < -0.3 is 15.5 Å². The van der Waals surface area contributed by atoms with Crippen LogP contribution in [0.5, 0.6) is 0 Å². The van der Waals surface area contributed by atoms with Gasteiger partial charge in [-0.1, -0.05) is 18.2 Å². The number of aromatic nitrogens is 1. The van der Waals surface area contributed by atoms with Crippen LogP contribution in [0.4, 0.5) is 11.4 Å². The molecule has 0 aliphatic heterocycles. The molecule has 1 heterocycles. The van der Waals surface area contributed by atoms with Gasteiger partial charge in [0.2, 0.25) is 5.89 Å². The molecule has 104 valence electrons. The number of hydrogen-bond donors (Lipinski definition) is 2. The highest BCUT2D eigenvalue weighted by Crippen LogP contribution is 2.20. The van der Waals surface area contributed by atoms with Crippen molar-refractivity contribution in [1.82, 2.24) is 4.98 Å². The summed E-state index contributed by atoms with van der Waals surface area (Å²) in [5, 5.41) is 2.75. The molecule has 0 saturated heterocycles. The second kappa shape index (κ2) is 5.50. The average molecular weight is 279 g/mol. The van der Waals surface area contributed by atoms with Gasteiger partial charge in [-0.05, 0) is 36.4 Å². The summed E-state index contributed by atoms with van der Waals surface area (Å²) in [7, 11) is 0. The Hall–Kier alpha value is -3.08. The number of nitrogens with one attached hydrogen (secondary N) is 1. The van der Waals surface area contributed by atoms with Crippen LogP contribution in [0.3, 0.4) is 0 Å². The summed E-state index contributed by atoms with van der Waals surface area (Å²) in [6.45, 7) is 0. The minimum absolute atomic E-state index is 0.227. The Morgan fingerprint density at radius 2 is 1.76 bits per heavy atom. The van der Waals surface area contributed by atoms with Gasteiger partial charge in [-0.3, -0.25) is 4.79 Å². The number of benzene rings is 2. The number of nitrogens with zero attached hydrogens (tertiary/aromatic N) is 1. The van der Waals surface area contributed by atoms with E-state index in [0.717, 1.165) is 5.56 Å². The molecule has 0 fully saturated rings. The van der Waals surface area contributed by atoms with Crippen molar-refractivity contribution in [3.63, 3.8) is 0 Å². The van der Waals surface area contributed by atoms with Crippen molar-refractivity contribution >= 4 is 17.3 Å². The summed E-state index contributed by atoms with van der Waals surface area (Å²) in [5.41, 5.74) is 7.99. The maximum atomic E-state index is 12.1. The Morgan fingerprint density at radius 1 is 1.05 bits per heavy atom. The lowest BCUT2D eigenvalue weighted by Crippen LogP contribution is -2.12. The van der Waals surface area contributed by atoms with E-state index >= 15 is 0 Å². The molecule has 21 heavy (non-hydrogen) atoms. The monoisotopic (exact) mass is 279 g/mol. The molecule has 0 aliphatic rings. The lowest BCUT2D eigenvalue weighted by Gasteiger charge is -2.01. The standard InChI is InChI=1S/C16H13N3O2/c17-12-8-6-11(7-9-12)16-19-14(10-21-16)15(20)18-13-4-2-1-3-5-13/h1-10H,17H2,(H,18,20). The number of rotatable bonds is 3. The Morgan fingerprint density at radius 3 is 2.48 bits per heavy atom. The lowest BCUT2D eigenvalue weighted by atomic mass is 10.2. The first-order valence-corrected chi connectivity index (χ1v) is 6.40. The predicted molar refractivity (Wildman–Crippen MR) is 80.7 cm³/mol. The molecule has 5 heteroatoms. The third-order valence-corrected chi connectivity index (χ3v) is 2.93. The minimum Gasteiger partial charge on any atom is -0.444 e. The maximum Gasteiger partial charge on any atom is 0.277 e. The molecule has 0 spiro atoms. The van der Waals surface area contributed by atoms with E-state index in [4.69, 9.17) is 10.2 Å². The minimum atomic E-state index is -0.313. The Kier molecular flexibility index (Phi) is 3.39. The van der Waals surface area contributed by atoms with E-state index in [2.05, 4.69) is 10.3 Å². The maximum absolute atomic E-state index is 12.1. The fourth-order valence-electron chi connectivity index (χ4n) is 1.85. The molecule has 2 aromatic carbocycles. The number of amides is 1. The second-order valence-corrected chi connectivity index (χ2v) is 4.48. The van der Waals surface area contributed by atoms with Gasteiger partial charge in [0.25, 0.3) is 5.91 Å². The van der Waals surface area contributed by atoms with Crippen LogP contribution in [0.2, 0.25) is 0 Å². The summed E-state index contributed by atoms with van der Waals surface area (Å²) >= 11 is 0. The molecule has 3 rings (SSSR count). The summed E-state index contributed by atoms with van der Waals surface area (Å²) in [4.78, 5) is 16.2. The van der Waals surface area contributed by atoms with Gasteiger partial charge in [0.15, 0.2) is 5.69 Å². The number of oxazole rings is 1. The fourth-order valence-corrected chi connectivity index (χ4v) is 1.85. The molecular weight excluding hydrogens is 266 g/mol. The van der Waals surface area contributed by atoms with Crippen molar-refractivity contribution in [3.8, 4) is 11.5 Å². The Bertz CT molecular complexity index is 749. The summed E-state index contributed by atoms with van der Waals surface area (Å²) in [6, 6.07) is 16.3. The van der Waals surface area contributed by atoms with Gasteiger partial charge in [-0.25, -0.2) is 4.98 Å². The van der Waals surface area contributed by atoms with Gasteiger partial charge in [0.05, 0.1) is 0 Å². The second-order valence-electron chi connectivity index (χ2n) is 4.48. The van der Waals surface area contributed by atoms with Gasteiger partial charge in [0.1, 0.15) is 6.26 Å². The Labute approximate surface area is 121 Å². The first kappa shape index (κ1) is 12.9. The van der Waals surface area contributed by atoms with E-state index in [-0.39, 0.29) is 11.6 Å². The zero-order chi connectivity index (χ0) is 14.7. The number of nitrogen functional groups attached to an aromatic ring is 1. The van der Waals surface area contributed by atoms with E-state index in [9.17, 15) is 4.79 Å². The fraction of sp³-hybridized carbons (Fsp3) is 0. The SMILES string of the molecule is Nc1ccc(-c2nc(C(=O)Nc3ccccc3)co2)cc1. The van der Waals surface area contributed by atoms with Crippen molar-refractivity contribution in [2.45, 2.75) is 0 Å². The molecule has 0 aliphatic carbocycles. The van der Waals surface area contributed by atoms with Crippen molar-refractivity contribution in [2.24, 2.45) is 0 Å². The third kappa shape index (κ3) is 2.92. The molecule has 0 bridgehead atoms. The van der Waals surface area contributed by atoms with E-state index in [1.54, 1.807) is 36.4 Å². The smallest absolute Gasteiger partial charge is 0.277 e. The normalized spacial score (nSPS) is 10.3. The molecule has 0 saturated carbocycles. The van der Waals surface area contributed by atoms with E-state index in [0.29, 0.717) is 17.3 Å². The van der Waals surface area contributed by atoms with Gasteiger partial charge in [-0.15, -0.1) is 0 Å². The van der Waals surface area contributed by atoms with E-state index in [1.165, 1.54) is 6.26 Å². The van der Waals surface area contributed by atoms with Crippen LogP contribution in [0.25, 0.3) is 11.5 Å². The third-order valence-electron chi connectivity index (χ3n) is 2.93. The summed E-state index contributed by atoms with van der Waals surface area (Å²) in [5.74, 6) is 0.0693. The molecule has 3 N–H and O–H groups in total. The molecule has 5 nitrogen and oxygen atoms in total. The van der Waals surface area contributed by atoms with Crippen molar-refractivity contribution in [3.05, 3.63) is 66.6 Å².